The first-order valence-electron chi connectivity index (χ1n) is 9.07. The highest BCUT2D eigenvalue weighted by Crippen LogP contribution is 2.18. The van der Waals surface area contributed by atoms with E-state index in [1.165, 1.54) is 0 Å². The predicted octanol–water partition coefficient (Wildman–Crippen LogP) is 3.84. The number of aromatic amines is 1. The van der Waals surface area contributed by atoms with Crippen LogP contribution < -0.4 is 10.3 Å². The second-order valence-corrected chi connectivity index (χ2v) is 7.53. The Bertz CT molecular complexity index is 1180. The number of hydrogen-bond donors (Lipinski definition) is 1. The predicted molar refractivity (Wildman–Crippen MR) is 113 cm³/mol. The number of thiophene rings is 1. The Morgan fingerprint density at radius 1 is 1.07 bits per heavy atom. The highest BCUT2D eigenvalue weighted by atomic mass is 32.1. The van der Waals surface area contributed by atoms with E-state index in [1.54, 1.807) is 65.8 Å². The van der Waals surface area contributed by atoms with Gasteiger partial charge in [0.25, 0.3) is 11.5 Å². The van der Waals surface area contributed by atoms with Gasteiger partial charge < -0.3 is 14.6 Å². The van der Waals surface area contributed by atoms with Gasteiger partial charge in [-0.3, -0.25) is 9.59 Å². The number of nitrogens with one attached hydrogen (secondary N) is 1. The summed E-state index contributed by atoms with van der Waals surface area (Å²) in [5.41, 5.74) is 0.947. The van der Waals surface area contributed by atoms with Crippen LogP contribution in [0.2, 0.25) is 0 Å². The number of methoxy groups -OCH3 is 1. The zero-order chi connectivity index (χ0) is 20.2. The molecule has 0 saturated carbocycles. The molecule has 146 valence electrons. The van der Waals surface area contributed by atoms with E-state index in [0.717, 1.165) is 4.88 Å². The van der Waals surface area contributed by atoms with Gasteiger partial charge >= 0.3 is 0 Å². The van der Waals surface area contributed by atoms with Gasteiger partial charge in [0.05, 0.1) is 31.1 Å². The van der Waals surface area contributed by atoms with Crippen molar-refractivity contribution < 1.29 is 9.53 Å². The normalized spacial score (nSPS) is 10.8. The maximum atomic E-state index is 13.2. The smallest absolute Gasteiger partial charge is 0.258 e. The number of amides is 1. The molecule has 0 spiro atoms. The summed E-state index contributed by atoms with van der Waals surface area (Å²) in [6, 6.07) is 18.1. The molecule has 0 aliphatic carbocycles. The van der Waals surface area contributed by atoms with E-state index in [4.69, 9.17) is 4.74 Å². The second-order valence-electron chi connectivity index (χ2n) is 6.50. The van der Waals surface area contributed by atoms with Crippen molar-refractivity contribution in [2.45, 2.75) is 13.1 Å². The van der Waals surface area contributed by atoms with E-state index in [-0.39, 0.29) is 18.0 Å². The molecule has 4 rings (SSSR count). The van der Waals surface area contributed by atoms with Gasteiger partial charge in [0.1, 0.15) is 11.6 Å². The molecule has 2 heterocycles. The molecule has 4 aromatic rings. The van der Waals surface area contributed by atoms with E-state index in [1.807, 2.05) is 23.6 Å². The van der Waals surface area contributed by atoms with E-state index in [0.29, 0.717) is 34.6 Å². The third-order valence-electron chi connectivity index (χ3n) is 4.55. The average Bonchev–Trinajstić information content (AvgIpc) is 3.26. The topological polar surface area (TPSA) is 75.3 Å². The van der Waals surface area contributed by atoms with Gasteiger partial charge in [-0.25, -0.2) is 4.98 Å². The lowest BCUT2D eigenvalue weighted by atomic mass is 10.2. The van der Waals surface area contributed by atoms with Gasteiger partial charge in [-0.2, -0.15) is 0 Å². The lowest BCUT2D eigenvalue weighted by molar-refractivity contribution is 0.0727. The first-order chi connectivity index (χ1) is 14.1. The van der Waals surface area contributed by atoms with Crippen LogP contribution in [0, 0.1) is 0 Å². The van der Waals surface area contributed by atoms with E-state index in [9.17, 15) is 9.59 Å². The molecular weight excluding hydrogens is 386 g/mol. The molecule has 1 amide bonds. The number of nitrogens with zero attached hydrogens (tertiary/aromatic N) is 2. The number of fused-ring (bicyclic) bond motifs is 1. The molecule has 2 aromatic carbocycles. The standard InChI is InChI=1S/C22H19N3O3S/c1-28-16-10-8-15(9-11-16)22(27)25(13-17-5-4-12-29-17)14-20-23-19-7-3-2-6-18(19)21(26)24-20/h2-12H,13-14H2,1H3,(H,23,24,26). The van der Waals surface area contributed by atoms with Crippen LogP contribution in [0.3, 0.4) is 0 Å². The minimum Gasteiger partial charge on any atom is -0.497 e. The van der Waals surface area contributed by atoms with Crippen molar-refractivity contribution in [1.82, 2.24) is 14.9 Å². The molecule has 6 nitrogen and oxygen atoms in total. The largest absolute Gasteiger partial charge is 0.497 e. The highest BCUT2D eigenvalue weighted by molar-refractivity contribution is 7.09. The fourth-order valence-electron chi connectivity index (χ4n) is 3.10. The summed E-state index contributed by atoms with van der Waals surface area (Å²) in [7, 11) is 1.58. The monoisotopic (exact) mass is 405 g/mol. The zero-order valence-electron chi connectivity index (χ0n) is 15.8. The van der Waals surface area contributed by atoms with Gasteiger partial charge in [0.2, 0.25) is 0 Å². The van der Waals surface area contributed by atoms with E-state index < -0.39 is 0 Å². The van der Waals surface area contributed by atoms with Crippen molar-refractivity contribution in [3.05, 3.63) is 92.7 Å². The maximum absolute atomic E-state index is 13.2. The molecule has 0 radical (unpaired) electrons. The van der Waals surface area contributed by atoms with Gasteiger partial charge in [-0.15, -0.1) is 11.3 Å². The number of carbonyl (C=O) groups excluding carboxylic acids is 1. The Morgan fingerprint density at radius 3 is 2.59 bits per heavy atom. The Morgan fingerprint density at radius 2 is 1.86 bits per heavy atom. The number of ether oxygens (including phenoxy) is 1. The van der Waals surface area contributed by atoms with Gasteiger partial charge in [0.15, 0.2) is 0 Å². The van der Waals surface area contributed by atoms with Crippen LogP contribution in [0.5, 0.6) is 5.75 Å². The Kier molecular flexibility index (Phi) is 5.39. The summed E-state index contributed by atoms with van der Waals surface area (Å²) >= 11 is 1.58. The molecule has 0 unspecified atom stereocenters. The highest BCUT2D eigenvalue weighted by Gasteiger charge is 2.19. The Balaban J connectivity index is 1.66. The van der Waals surface area contributed by atoms with Gasteiger partial charge in [-0.1, -0.05) is 18.2 Å². The van der Waals surface area contributed by atoms with Crippen molar-refractivity contribution in [1.29, 1.82) is 0 Å². The summed E-state index contributed by atoms with van der Waals surface area (Å²) in [6.45, 7) is 0.627. The number of benzene rings is 2. The number of hydrogen-bond acceptors (Lipinski definition) is 5. The first-order valence-corrected chi connectivity index (χ1v) is 9.95. The number of aromatic nitrogens is 2. The molecule has 0 fully saturated rings. The summed E-state index contributed by atoms with van der Waals surface area (Å²) in [5.74, 6) is 0.996. The first kappa shape index (κ1) is 18.9. The molecule has 0 atom stereocenters. The lowest BCUT2D eigenvalue weighted by Crippen LogP contribution is -2.31. The molecule has 0 aliphatic heterocycles. The fourth-order valence-corrected chi connectivity index (χ4v) is 3.82. The average molecular weight is 405 g/mol. The molecule has 0 saturated heterocycles. The Labute approximate surface area is 171 Å². The third kappa shape index (κ3) is 4.20. The lowest BCUT2D eigenvalue weighted by Gasteiger charge is -2.22. The number of H-pyrrole nitrogens is 1. The van der Waals surface area contributed by atoms with Crippen LogP contribution in [-0.2, 0) is 13.1 Å². The molecular formula is C22H19N3O3S. The maximum Gasteiger partial charge on any atom is 0.258 e. The van der Waals surface area contributed by atoms with Crippen LogP contribution in [-0.4, -0.2) is 27.9 Å². The van der Waals surface area contributed by atoms with Crippen molar-refractivity contribution in [3.8, 4) is 5.75 Å². The summed E-state index contributed by atoms with van der Waals surface area (Å²) in [5, 5.41) is 2.50. The molecule has 7 heteroatoms. The van der Waals surface area contributed by atoms with Crippen LogP contribution in [0.25, 0.3) is 10.9 Å². The molecule has 0 bridgehead atoms. The number of para-hydroxylation sites is 1. The van der Waals surface area contributed by atoms with Crippen molar-refractivity contribution >= 4 is 28.1 Å². The second kappa shape index (κ2) is 8.28. The molecule has 1 N–H and O–H groups in total. The van der Waals surface area contributed by atoms with E-state index in [2.05, 4.69) is 9.97 Å². The Hall–Kier alpha value is -3.45. The zero-order valence-corrected chi connectivity index (χ0v) is 16.6. The van der Waals surface area contributed by atoms with Crippen LogP contribution in [0.1, 0.15) is 21.1 Å². The minimum absolute atomic E-state index is 0.142. The molecule has 2 aromatic heterocycles. The van der Waals surface area contributed by atoms with Crippen molar-refractivity contribution in [2.75, 3.05) is 7.11 Å². The quantitative estimate of drug-likeness (QED) is 0.529. The summed E-state index contributed by atoms with van der Waals surface area (Å²) in [6.07, 6.45) is 0. The van der Waals surface area contributed by atoms with Crippen molar-refractivity contribution in [2.24, 2.45) is 0 Å². The number of rotatable bonds is 6. The third-order valence-corrected chi connectivity index (χ3v) is 5.41. The summed E-state index contributed by atoms with van der Waals surface area (Å²) < 4.78 is 5.17. The summed E-state index contributed by atoms with van der Waals surface area (Å²) in [4.78, 5) is 35.7. The number of carbonyl (C=O) groups is 1. The molecule has 29 heavy (non-hydrogen) atoms. The van der Waals surface area contributed by atoms with Gasteiger partial charge in [-0.05, 0) is 47.8 Å². The van der Waals surface area contributed by atoms with E-state index >= 15 is 0 Å². The van der Waals surface area contributed by atoms with Crippen LogP contribution in [0.15, 0.2) is 70.8 Å². The van der Waals surface area contributed by atoms with Crippen LogP contribution >= 0.6 is 11.3 Å². The molecule has 0 aliphatic rings. The fraction of sp³-hybridized carbons (Fsp3) is 0.136. The van der Waals surface area contributed by atoms with Gasteiger partial charge in [0, 0.05) is 10.4 Å². The SMILES string of the molecule is COc1ccc(C(=O)N(Cc2nc3ccccc3c(=O)[nH]2)Cc2cccs2)cc1. The van der Waals surface area contributed by atoms with Crippen LogP contribution in [0.4, 0.5) is 0 Å². The van der Waals surface area contributed by atoms with Crippen molar-refractivity contribution in [3.63, 3.8) is 0 Å². The minimum atomic E-state index is -0.210.